The molecule has 0 radical (unpaired) electrons. The number of anilines is 2. The molecule has 0 bridgehead atoms. The first-order valence-electron chi connectivity index (χ1n) is 13.4. The number of amides is 2. The first kappa shape index (κ1) is 36.9. The van der Waals surface area contributed by atoms with Crippen LogP contribution in [0, 0.1) is 10.1 Å². The zero-order chi connectivity index (χ0) is 37.8. The van der Waals surface area contributed by atoms with E-state index in [1.54, 1.807) is 0 Å². The van der Waals surface area contributed by atoms with E-state index in [-0.39, 0.29) is 21.5 Å². The van der Waals surface area contributed by atoms with Crippen molar-refractivity contribution in [1.29, 1.82) is 0 Å². The number of nitrogens with one attached hydrogen (secondary N) is 2. The van der Waals surface area contributed by atoms with E-state index in [1.807, 2.05) is 0 Å². The van der Waals surface area contributed by atoms with Crippen molar-refractivity contribution >= 4 is 90.9 Å². The number of fused-ring (bicyclic) bond motifs is 2. The monoisotopic (exact) mass is 781 g/mol. The first-order valence-corrected chi connectivity index (χ1v) is 19.2. The molecule has 0 aliphatic rings. The number of carbonyl (C=O) groups excluding carboxylic acids is 2. The van der Waals surface area contributed by atoms with Crippen molar-refractivity contribution < 1.29 is 66.4 Å². The summed E-state index contributed by atoms with van der Waals surface area (Å²) < 4.78 is 133. The number of hydrogen-bond acceptors (Lipinski definition) is 12. The third kappa shape index (κ3) is 8.00. The average Bonchev–Trinajstić information content (AvgIpc) is 3.01. The SMILES string of the molecule is O=C(Nc1cc2ccc(S(=O)(=O)O)cc2cc1S(=O)(=O)O)c1cc(C(=O)Nc2cc3ccc(S(=O)(=O)O)cc3cc2S(=O)(=O)O)cc([N+](=O)[O-])c1. The molecular formula is C28H19N3O16S4. The molecule has 0 unspecified atom stereocenters. The highest BCUT2D eigenvalue weighted by Crippen LogP contribution is 2.32. The van der Waals surface area contributed by atoms with Gasteiger partial charge in [0, 0.05) is 23.3 Å². The molecule has 5 rings (SSSR count). The Morgan fingerprint density at radius 1 is 0.510 bits per heavy atom. The molecule has 266 valence electrons. The van der Waals surface area contributed by atoms with Crippen LogP contribution in [0.25, 0.3) is 21.5 Å². The zero-order valence-electron chi connectivity index (χ0n) is 24.8. The van der Waals surface area contributed by atoms with E-state index in [9.17, 15) is 71.6 Å². The van der Waals surface area contributed by atoms with E-state index in [0.29, 0.717) is 12.1 Å². The minimum atomic E-state index is -5.13. The van der Waals surface area contributed by atoms with Gasteiger partial charge in [-0.15, -0.1) is 0 Å². The van der Waals surface area contributed by atoms with Gasteiger partial charge in [0.2, 0.25) is 0 Å². The van der Waals surface area contributed by atoms with E-state index < -0.39 is 105 Å². The molecule has 6 N–H and O–H groups in total. The van der Waals surface area contributed by atoms with Crippen molar-refractivity contribution in [3.8, 4) is 0 Å². The lowest BCUT2D eigenvalue weighted by Gasteiger charge is -2.13. The number of nitro benzene ring substituents is 1. The van der Waals surface area contributed by atoms with Gasteiger partial charge in [0.25, 0.3) is 58.0 Å². The predicted octanol–water partition coefficient (Wildman–Crippen LogP) is 3.39. The molecule has 0 spiro atoms. The van der Waals surface area contributed by atoms with Gasteiger partial charge in [0.15, 0.2) is 0 Å². The Labute approximate surface area is 286 Å². The maximum Gasteiger partial charge on any atom is 0.296 e. The first-order chi connectivity index (χ1) is 23.4. The summed E-state index contributed by atoms with van der Waals surface area (Å²) in [7, 11) is -19.7. The van der Waals surface area contributed by atoms with Crippen molar-refractivity contribution in [2.75, 3.05) is 10.6 Å². The smallest absolute Gasteiger partial charge is 0.296 e. The van der Waals surface area contributed by atoms with Gasteiger partial charge in [0.05, 0.1) is 26.1 Å². The van der Waals surface area contributed by atoms with E-state index in [0.717, 1.165) is 66.7 Å². The minimum absolute atomic E-state index is 0.100. The number of benzene rings is 5. The molecule has 23 heteroatoms. The second-order valence-corrected chi connectivity index (χ2v) is 16.2. The van der Waals surface area contributed by atoms with Crippen LogP contribution in [-0.2, 0) is 40.5 Å². The Morgan fingerprint density at radius 3 is 1.20 bits per heavy atom. The lowest BCUT2D eigenvalue weighted by Crippen LogP contribution is -2.18. The Hall–Kier alpha value is -5.40. The number of nitrogens with zero attached hydrogens (tertiary/aromatic N) is 1. The van der Waals surface area contributed by atoms with E-state index >= 15 is 0 Å². The summed E-state index contributed by atoms with van der Waals surface area (Å²) in [4.78, 5) is 34.3. The van der Waals surface area contributed by atoms with E-state index in [1.165, 1.54) is 0 Å². The molecule has 0 atom stereocenters. The summed E-state index contributed by atoms with van der Waals surface area (Å²) in [6.07, 6.45) is 0. The fraction of sp³-hybridized carbons (Fsp3) is 0. The topological polar surface area (TPSA) is 319 Å². The van der Waals surface area contributed by atoms with Gasteiger partial charge in [-0.25, -0.2) is 0 Å². The second-order valence-electron chi connectivity index (χ2n) is 10.5. The van der Waals surface area contributed by atoms with Crippen LogP contribution in [0.1, 0.15) is 20.7 Å². The van der Waals surface area contributed by atoms with Crippen LogP contribution < -0.4 is 10.6 Å². The molecule has 51 heavy (non-hydrogen) atoms. The number of carbonyl (C=O) groups is 2. The average molecular weight is 782 g/mol. The van der Waals surface area contributed by atoms with E-state index in [4.69, 9.17) is 0 Å². The van der Waals surface area contributed by atoms with Gasteiger partial charge in [-0.3, -0.25) is 37.9 Å². The van der Waals surface area contributed by atoms with Crippen LogP contribution >= 0.6 is 0 Å². The third-order valence-electron chi connectivity index (χ3n) is 7.12. The number of rotatable bonds is 9. The van der Waals surface area contributed by atoms with Crippen molar-refractivity contribution in [1.82, 2.24) is 0 Å². The summed E-state index contributed by atoms with van der Waals surface area (Å²) in [5, 5.41) is 16.0. The van der Waals surface area contributed by atoms with Gasteiger partial charge < -0.3 is 10.6 Å². The lowest BCUT2D eigenvalue weighted by atomic mass is 10.1. The molecule has 5 aromatic rings. The summed E-state index contributed by atoms with van der Waals surface area (Å²) >= 11 is 0. The molecule has 0 aromatic heterocycles. The van der Waals surface area contributed by atoms with Crippen LogP contribution in [0.5, 0.6) is 0 Å². The summed E-state index contributed by atoms with van der Waals surface area (Å²) in [5.74, 6) is -2.52. The summed E-state index contributed by atoms with van der Waals surface area (Å²) in [5.41, 5.74) is -3.26. The Morgan fingerprint density at radius 2 is 0.882 bits per heavy atom. The van der Waals surface area contributed by atoms with E-state index in [2.05, 4.69) is 10.6 Å². The van der Waals surface area contributed by atoms with Crippen molar-refractivity contribution in [2.24, 2.45) is 0 Å². The molecule has 0 heterocycles. The van der Waals surface area contributed by atoms with Crippen LogP contribution in [-0.4, -0.2) is 68.6 Å². The normalized spacial score (nSPS) is 12.5. The van der Waals surface area contributed by atoms with Gasteiger partial charge in [-0.1, -0.05) is 12.1 Å². The zero-order valence-corrected chi connectivity index (χ0v) is 28.0. The fourth-order valence-corrected chi connectivity index (χ4v) is 7.18. The Kier molecular flexibility index (Phi) is 9.21. The number of hydrogen-bond donors (Lipinski definition) is 6. The molecule has 0 saturated carbocycles. The molecule has 0 aliphatic heterocycles. The second kappa shape index (κ2) is 12.7. The van der Waals surface area contributed by atoms with Crippen LogP contribution in [0.4, 0.5) is 17.1 Å². The van der Waals surface area contributed by atoms with Gasteiger partial charge in [-0.2, -0.15) is 33.7 Å². The largest absolute Gasteiger partial charge is 0.321 e. The molecule has 5 aromatic carbocycles. The van der Waals surface area contributed by atoms with Crippen LogP contribution in [0.2, 0.25) is 0 Å². The maximum atomic E-state index is 13.3. The quantitative estimate of drug-likeness (QED) is 0.0709. The number of nitro groups is 1. The Balaban J connectivity index is 1.55. The predicted molar refractivity (Wildman–Crippen MR) is 176 cm³/mol. The van der Waals surface area contributed by atoms with Crippen molar-refractivity contribution in [2.45, 2.75) is 19.6 Å². The molecule has 19 nitrogen and oxygen atoms in total. The van der Waals surface area contributed by atoms with Gasteiger partial charge in [-0.05, 0) is 76.1 Å². The molecular weight excluding hydrogens is 763 g/mol. The van der Waals surface area contributed by atoms with Crippen molar-refractivity contribution in [3.63, 3.8) is 0 Å². The van der Waals surface area contributed by atoms with Crippen molar-refractivity contribution in [3.05, 3.63) is 100 Å². The van der Waals surface area contributed by atoms with Gasteiger partial charge >= 0.3 is 0 Å². The standard InChI is InChI=1S/C28H19N3O16S4/c32-27(29-23-10-14-1-3-21(48(36,37)38)8-16(14)12-25(23)50(42,43)44)18-5-19(7-20(6-18)31(34)35)28(33)30-24-11-15-2-4-22(49(39,40)41)9-17(15)13-26(24)51(45,46)47/h1-13H,(H,29,32)(H,30,33)(H,36,37,38)(H,39,40,41)(H,42,43,44)(H,45,46,47). The fourth-order valence-electron chi connectivity index (χ4n) is 4.82. The van der Waals surface area contributed by atoms with Crippen LogP contribution in [0.3, 0.4) is 0 Å². The van der Waals surface area contributed by atoms with Gasteiger partial charge in [0.1, 0.15) is 9.79 Å². The summed E-state index contributed by atoms with van der Waals surface area (Å²) in [6, 6.07) is 11.7. The number of non-ortho nitro benzene ring substituents is 1. The minimum Gasteiger partial charge on any atom is -0.321 e. The lowest BCUT2D eigenvalue weighted by molar-refractivity contribution is -0.384. The molecule has 0 fully saturated rings. The van der Waals surface area contributed by atoms with Crippen LogP contribution in [0.15, 0.2) is 98.4 Å². The molecule has 0 aliphatic carbocycles. The summed E-state index contributed by atoms with van der Waals surface area (Å²) in [6.45, 7) is 0. The molecule has 2 amide bonds. The highest BCUT2D eigenvalue weighted by Gasteiger charge is 2.25. The Bertz CT molecular complexity index is 2640. The molecule has 0 saturated heterocycles. The third-order valence-corrected chi connectivity index (χ3v) is 10.6. The highest BCUT2D eigenvalue weighted by molar-refractivity contribution is 7.86. The maximum absolute atomic E-state index is 13.3. The highest BCUT2D eigenvalue weighted by atomic mass is 32.2.